The number of carbonyl (C=O) groups is 1. The van der Waals surface area contributed by atoms with Gasteiger partial charge in [-0.25, -0.2) is 4.98 Å². The molecule has 3 aromatic rings. The Labute approximate surface area is 202 Å². The molecule has 0 aliphatic heterocycles. The van der Waals surface area contributed by atoms with Gasteiger partial charge in [-0.05, 0) is 44.2 Å². The van der Waals surface area contributed by atoms with Gasteiger partial charge in [-0.3, -0.25) is 4.79 Å². The fraction of sp³-hybridized carbons (Fsp3) is 0.333. The van der Waals surface area contributed by atoms with Crippen LogP contribution in [-0.2, 0) is 12.1 Å². The molecule has 0 aliphatic rings. The topological polar surface area (TPSA) is 78.6 Å². The average molecular weight is 515 g/mol. The minimum absolute atomic E-state index is 0.142. The molecule has 36 heavy (non-hydrogen) atoms. The third-order valence-corrected chi connectivity index (χ3v) is 5.68. The van der Waals surface area contributed by atoms with E-state index in [1.165, 1.54) is 7.05 Å². The van der Waals surface area contributed by atoms with Gasteiger partial charge in [0, 0.05) is 36.0 Å². The van der Waals surface area contributed by atoms with Crippen molar-refractivity contribution in [3.63, 3.8) is 0 Å². The van der Waals surface area contributed by atoms with Crippen LogP contribution in [0, 0.1) is 6.92 Å². The Balaban J connectivity index is 1.88. The van der Waals surface area contributed by atoms with E-state index in [1.807, 2.05) is 0 Å². The summed E-state index contributed by atoms with van der Waals surface area (Å²) in [7, 11) is 1.50. The van der Waals surface area contributed by atoms with Gasteiger partial charge in [0.25, 0.3) is 11.5 Å². The van der Waals surface area contributed by atoms with Crippen LogP contribution in [0.3, 0.4) is 0 Å². The highest BCUT2D eigenvalue weighted by Gasteiger charge is 2.71. The normalized spacial score (nSPS) is 12.5. The van der Waals surface area contributed by atoms with Gasteiger partial charge in [-0.1, -0.05) is 18.2 Å². The third-order valence-electron chi connectivity index (χ3n) is 5.68. The van der Waals surface area contributed by atoms with E-state index in [0.29, 0.717) is 46.9 Å². The Kier molecular flexibility index (Phi) is 7.40. The minimum atomic E-state index is -5.96. The fourth-order valence-corrected chi connectivity index (χ4v) is 3.60. The smallest absolute Gasteiger partial charge is 0.430 e. The second-order valence-electron chi connectivity index (χ2n) is 7.95. The van der Waals surface area contributed by atoms with Crippen LogP contribution in [0.25, 0.3) is 11.5 Å². The Morgan fingerprint density at radius 1 is 1.06 bits per heavy atom. The van der Waals surface area contributed by atoms with E-state index in [0.717, 1.165) is 12.1 Å². The number of carbonyl (C=O) groups excluding carboxylic acids is 1. The molecule has 194 valence electrons. The van der Waals surface area contributed by atoms with Crippen molar-refractivity contribution in [3.8, 4) is 11.5 Å². The number of hydrogen-bond acceptors (Lipinski definition) is 5. The Bertz CT molecular complexity index is 1210. The lowest BCUT2D eigenvalue weighted by molar-refractivity contribution is -0.376. The first-order valence-corrected chi connectivity index (χ1v) is 10.7. The molecule has 0 spiro atoms. The van der Waals surface area contributed by atoms with Gasteiger partial charge in [0.15, 0.2) is 0 Å². The summed E-state index contributed by atoms with van der Waals surface area (Å²) in [6.45, 7) is 3.90. The van der Waals surface area contributed by atoms with E-state index in [2.05, 4.69) is 10.3 Å². The Morgan fingerprint density at radius 2 is 1.67 bits per heavy atom. The standard InChI is InChI=1S/C24H23F6N3O3/c1-4-33(18-10-8-17(9-11-18)22(35,23(25,26)27)24(28,29)30)13-19-14(2)36-21(32-19)16-7-5-6-15(12-16)20(34)31-3/h5-12,35H,4,13H2,1-3H3,(H,31,34). The third kappa shape index (κ3) is 5.03. The van der Waals surface area contributed by atoms with Crippen LogP contribution in [0.1, 0.15) is 34.3 Å². The van der Waals surface area contributed by atoms with Gasteiger partial charge in [0.05, 0.1) is 6.54 Å². The second kappa shape index (κ2) is 9.84. The molecule has 1 aromatic heterocycles. The van der Waals surface area contributed by atoms with Crippen LogP contribution in [0.5, 0.6) is 0 Å². The SMILES string of the molecule is CCN(Cc1nc(-c2cccc(C(=O)NC)c2)oc1C)c1ccc(C(O)(C(F)(F)F)C(F)(F)F)cc1. The van der Waals surface area contributed by atoms with E-state index >= 15 is 0 Å². The molecule has 2 aromatic carbocycles. The van der Waals surface area contributed by atoms with E-state index in [-0.39, 0.29) is 18.3 Å². The molecule has 0 unspecified atom stereocenters. The van der Waals surface area contributed by atoms with Crippen molar-refractivity contribution in [1.82, 2.24) is 10.3 Å². The number of oxazole rings is 1. The monoisotopic (exact) mass is 515 g/mol. The number of halogens is 6. The molecule has 12 heteroatoms. The number of hydrogen-bond donors (Lipinski definition) is 2. The average Bonchev–Trinajstić information content (AvgIpc) is 3.20. The zero-order chi connectivity index (χ0) is 26.9. The minimum Gasteiger partial charge on any atom is -0.441 e. The molecule has 0 atom stereocenters. The van der Waals surface area contributed by atoms with E-state index < -0.39 is 23.5 Å². The lowest BCUT2D eigenvalue weighted by Gasteiger charge is -2.33. The second-order valence-corrected chi connectivity index (χ2v) is 7.95. The zero-order valence-electron chi connectivity index (χ0n) is 19.5. The number of alkyl halides is 6. The zero-order valence-corrected chi connectivity index (χ0v) is 19.5. The van der Waals surface area contributed by atoms with Crippen LogP contribution < -0.4 is 10.2 Å². The summed E-state index contributed by atoms with van der Waals surface area (Å²) >= 11 is 0. The van der Waals surface area contributed by atoms with Gasteiger partial charge in [0.2, 0.25) is 5.89 Å². The first-order valence-electron chi connectivity index (χ1n) is 10.7. The number of aromatic nitrogens is 1. The summed E-state index contributed by atoms with van der Waals surface area (Å²) in [4.78, 5) is 18.0. The number of amides is 1. The molecule has 0 aliphatic carbocycles. The van der Waals surface area contributed by atoms with Crippen molar-refractivity contribution in [2.45, 2.75) is 38.3 Å². The summed E-state index contributed by atoms with van der Waals surface area (Å²) in [5, 5.41) is 12.1. The first kappa shape index (κ1) is 27.1. The lowest BCUT2D eigenvalue weighted by Crippen LogP contribution is -2.53. The molecule has 0 saturated heterocycles. The van der Waals surface area contributed by atoms with Crippen molar-refractivity contribution < 1.29 is 40.7 Å². The summed E-state index contributed by atoms with van der Waals surface area (Å²) in [6.07, 6.45) is -11.9. The Morgan fingerprint density at radius 3 is 2.19 bits per heavy atom. The van der Waals surface area contributed by atoms with E-state index in [4.69, 9.17) is 4.42 Å². The quantitative estimate of drug-likeness (QED) is 0.415. The summed E-state index contributed by atoms with van der Waals surface area (Å²) in [5.41, 5.74) is -4.56. The van der Waals surface area contributed by atoms with Crippen molar-refractivity contribution in [2.24, 2.45) is 0 Å². The first-order chi connectivity index (χ1) is 16.7. The van der Waals surface area contributed by atoms with Crippen molar-refractivity contribution >= 4 is 11.6 Å². The molecule has 1 heterocycles. The largest absolute Gasteiger partial charge is 0.441 e. The van der Waals surface area contributed by atoms with Crippen LogP contribution in [0.2, 0.25) is 0 Å². The van der Waals surface area contributed by atoms with Gasteiger partial charge in [-0.2, -0.15) is 26.3 Å². The predicted molar refractivity (Wildman–Crippen MR) is 119 cm³/mol. The highest BCUT2D eigenvalue weighted by atomic mass is 19.4. The summed E-state index contributed by atoms with van der Waals surface area (Å²) < 4.78 is 84.7. The molecular weight excluding hydrogens is 492 g/mol. The molecule has 0 fully saturated rings. The Hall–Kier alpha value is -3.54. The number of benzene rings is 2. The van der Waals surface area contributed by atoms with Gasteiger partial charge in [-0.15, -0.1) is 0 Å². The lowest BCUT2D eigenvalue weighted by atomic mass is 9.92. The maximum atomic E-state index is 13.2. The fourth-order valence-electron chi connectivity index (χ4n) is 3.60. The maximum Gasteiger partial charge on any atom is 0.430 e. The number of nitrogens with one attached hydrogen (secondary N) is 1. The molecular formula is C24H23F6N3O3. The number of anilines is 1. The number of rotatable bonds is 7. The highest BCUT2D eigenvalue weighted by Crippen LogP contribution is 2.50. The van der Waals surface area contributed by atoms with Gasteiger partial charge < -0.3 is 19.7 Å². The van der Waals surface area contributed by atoms with Crippen molar-refractivity contribution in [1.29, 1.82) is 0 Å². The molecule has 1 amide bonds. The van der Waals surface area contributed by atoms with Crippen LogP contribution >= 0.6 is 0 Å². The maximum absolute atomic E-state index is 13.2. The molecule has 0 radical (unpaired) electrons. The highest BCUT2D eigenvalue weighted by molar-refractivity contribution is 5.95. The molecule has 0 saturated carbocycles. The number of aliphatic hydroxyl groups is 1. The summed E-state index contributed by atoms with van der Waals surface area (Å²) in [5.74, 6) is 0.415. The molecule has 6 nitrogen and oxygen atoms in total. The molecule has 2 N–H and O–H groups in total. The van der Waals surface area contributed by atoms with Crippen LogP contribution in [-0.4, -0.2) is 41.9 Å². The summed E-state index contributed by atoms with van der Waals surface area (Å²) in [6, 6.07) is 9.96. The number of nitrogens with zero attached hydrogens (tertiary/aromatic N) is 2. The molecule has 3 rings (SSSR count). The van der Waals surface area contributed by atoms with Gasteiger partial charge >= 0.3 is 12.4 Å². The van der Waals surface area contributed by atoms with Crippen molar-refractivity contribution in [2.75, 3.05) is 18.5 Å². The van der Waals surface area contributed by atoms with Crippen molar-refractivity contribution in [3.05, 3.63) is 71.1 Å². The van der Waals surface area contributed by atoms with E-state index in [9.17, 15) is 36.2 Å². The van der Waals surface area contributed by atoms with Crippen LogP contribution in [0.4, 0.5) is 32.0 Å². The van der Waals surface area contributed by atoms with E-state index in [1.54, 1.807) is 43.0 Å². The van der Waals surface area contributed by atoms with Crippen LogP contribution in [0.15, 0.2) is 52.9 Å². The van der Waals surface area contributed by atoms with Gasteiger partial charge in [0.1, 0.15) is 11.5 Å². The molecule has 0 bridgehead atoms. The predicted octanol–water partition coefficient (Wildman–Crippen LogP) is 5.35. The number of aryl methyl sites for hydroxylation is 1.